The van der Waals surface area contributed by atoms with Gasteiger partial charge in [-0.25, -0.2) is 0 Å². The summed E-state index contributed by atoms with van der Waals surface area (Å²) in [7, 11) is 1.71. The zero-order valence-electron chi connectivity index (χ0n) is 15.1. The lowest BCUT2D eigenvalue weighted by molar-refractivity contribution is -0.116. The number of aryl methyl sites for hydroxylation is 2. The Bertz CT molecular complexity index is 693. The van der Waals surface area contributed by atoms with Crippen molar-refractivity contribution in [3.63, 3.8) is 0 Å². The van der Waals surface area contributed by atoms with Crippen LogP contribution in [0.2, 0.25) is 5.02 Å². The van der Waals surface area contributed by atoms with Gasteiger partial charge in [0.2, 0.25) is 0 Å². The van der Waals surface area contributed by atoms with Crippen LogP contribution in [-0.2, 0) is 22.4 Å². The predicted octanol–water partition coefficient (Wildman–Crippen LogP) is 4.19. The highest BCUT2D eigenvalue weighted by Gasteiger charge is 2.48. The number of ether oxygens (including phenoxy) is 1. The SMILES string of the molecule is CCc1cc(Cl)cc(CC)c1C1=C(O)C2(CCC(OC)CC2)NC1=O. The number of carbonyl (C=O) groups excluding carboxylic acids is 1. The van der Waals surface area contributed by atoms with Crippen molar-refractivity contribution < 1.29 is 14.6 Å². The highest BCUT2D eigenvalue weighted by molar-refractivity contribution is 6.31. The van der Waals surface area contributed by atoms with Crippen LogP contribution in [0.4, 0.5) is 0 Å². The van der Waals surface area contributed by atoms with Gasteiger partial charge in [-0.2, -0.15) is 0 Å². The Morgan fingerprint density at radius 3 is 2.28 bits per heavy atom. The molecule has 0 bridgehead atoms. The fourth-order valence-corrected chi connectivity index (χ4v) is 4.47. The third kappa shape index (κ3) is 3.06. The molecular weight excluding hydrogens is 338 g/mol. The number of halogens is 1. The molecule has 0 saturated heterocycles. The molecule has 2 N–H and O–H groups in total. The standard InChI is InChI=1S/C20H26ClNO3/c1-4-12-10-14(21)11-13(5-2)16(12)17-18(23)20(22-19(17)24)8-6-15(25-3)7-9-20/h10-11,15,23H,4-9H2,1-3H3,(H,22,24). The van der Waals surface area contributed by atoms with Gasteiger partial charge >= 0.3 is 0 Å². The molecule has 1 aliphatic carbocycles. The number of hydrogen-bond donors (Lipinski definition) is 2. The Labute approximate surface area is 154 Å². The van der Waals surface area contributed by atoms with Crippen molar-refractivity contribution in [3.05, 3.63) is 39.6 Å². The van der Waals surface area contributed by atoms with Gasteiger partial charge in [0.25, 0.3) is 5.91 Å². The van der Waals surface area contributed by atoms with Crippen LogP contribution in [0.15, 0.2) is 17.9 Å². The van der Waals surface area contributed by atoms with E-state index in [0.29, 0.717) is 23.4 Å². The van der Waals surface area contributed by atoms with E-state index in [2.05, 4.69) is 5.32 Å². The highest BCUT2D eigenvalue weighted by Crippen LogP contribution is 2.43. The molecule has 1 heterocycles. The molecule has 25 heavy (non-hydrogen) atoms. The predicted molar refractivity (Wildman–Crippen MR) is 99.9 cm³/mol. The second-order valence-electron chi connectivity index (χ2n) is 7.00. The Morgan fingerprint density at radius 2 is 1.80 bits per heavy atom. The third-order valence-corrected chi connectivity index (χ3v) is 5.89. The van der Waals surface area contributed by atoms with Gasteiger partial charge in [-0.15, -0.1) is 0 Å². The van der Waals surface area contributed by atoms with Gasteiger partial charge in [-0.05, 0) is 67.3 Å². The summed E-state index contributed by atoms with van der Waals surface area (Å²) in [5, 5.41) is 14.8. The second kappa shape index (κ2) is 7.00. The lowest BCUT2D eigenvalue weighted by Gasteiger charge is -2.36. The molecule has 0 radical (unpaired) electrons. The van der Waals surface area contributed by atoms with Crippen LogP contribution < -0.4 is 5.32 Å². The maximum absolute atomic E-state index is 12.8. The minimum absolute atomic E-state index is 0.180. The summed E-state index contributed by atoms with van der Waals surface area (Å²) in [6.07, 6.45) is 4.77. The molecule has 1 spiro atoms. The molecule has 0 aromatic heterocycles. The smallest absolute Gasteiger partial charge is 0.256 e. The number of nitrogens with one attached hydrogen (secondary N) is 1. The number of methoxy groups -OCH3 is 1. The van der Waals surface area contributed by atoms with E-state index in [1.165, 1.54) is 0 Å². The van der Waals surface area contributed by atoms with Gasteiger partial charge in [0.1, 0.15) is 5.76 Å². The Kier molecular flexibility index (Phi) is 5.12. The Hall–Kier alpha value is -1.52. The van der Waals surface area contributed by atoms with Gasteiger partial charge in [0, 0.05) is 12.1 Å². The molecule has 1 aromatic carbocycles. The van der Waals surface area contributed by atoms with E-state index in [9.17, 15) is 9.90 Å². The lowest BCUT2D eigenvalue weighted by atomic mass is 9.78. The van der Waals surface area contributed by atoms with Crippen molar-refractivity contribution in [1.82, 2.24) is 5.32 Å². The van der Waals surface area contributed by atoms with Crippen LogP contribution in [0, 0.1) is 0 Å². The zero-order valence-corrected chi connectivity index (χ0v) is 15.9. The topological polar surface area (TPSA) is 58.6 Å². The van der Waals surface area contributed by atoms with Crippen molar-refractivity contribution >= 4 is 23.1 Å². The van der Waals surface area contributed by atoms with E-state index < -0.39 is 5.54 Å². The monoisotopic (exact) mass is 363 g/mol. The largest absolute Gasteiger partial charge is 0.509 e. The summed E-state index contributed by atoms with van der Waals surface area (Å²) in [6, 6.07) is 3.80. The van der Waals surface area contributed by atoms with Gasteiger partial charge in [-0.1, -0.05) is 25.4 Å². The van der Waals surface area contributed by atoms with E-state index in [1.54, 1.807) is 7.11 Å². The molecule has 3 rings (SSSR count). The second-order valence-corrected chi connectivity index (χ2v) is 7.44. The molecule has 1 fully saturated rings. The minimum atomic E-state index is -0.642. The molecule has 136 valence electrons. The summed E-state index contributed by atoms with van der Waals surface area (Å²) in [5.41, 5.74) is 2.65. The first-order valence-corrected chi connectivity index (χ1v) is 9.44. The number of aliphatic hydroxyl groups is 1. The van der Waals surface area contributed by atoms with Crippen molar-refractivity contribution in [2.24, 2.45) is 0 Å². The van der Waals surface area contributed by atoms with Crippen LogP contribution in [0.25, 0.3) is 5.57 Å². The normalized spacial score (nSPS) is 26.4. The quantitative estimate of drug-likeness (QED) is 0.843. The maximum Gasteiger partial charge on any atom is 0.256 e. The van der Waals surface area contributed by atoms with E-state index in [-0.39, 0.29) is 17.8 Å². The Morgan fingerprint density at radius 1 is 1.24 bits per heavy atom. The van der Waals surface area contributed by atoms with Crippen molar-refractivity contribution in [2.45, 2.75) is 64.0 Å². The van der Waals surface area contributed by atoms with Gasteiger partial charge in [0.05, 0.1) is 17.2 Å². The molecule has 1 saturated carbocycles. The third-order valence-electron chi connectivity index (χ3n) is 5.67. The molecule has 1 amide bonds. The van der Waals surface area contributed by atoms with Crippen molar-refractivity contribution in [1.29, 1.82) is 0 Å². The molecular formula is C20H26ClNO3. The van der Waals surface area contributed by atoms with E-state index >= 15 is 0 Å². The van der Waals surface area contributed by atoms with Crippen LogP contribution in [0.1, 0.15) is 56.2 Å². The minimum Gasteiger partial charge on any atom is -0.509 e. The summed E-state index contributed by atoms with van der Waals surface area (Å²) < 4.78 is 5.43. The average Bonchev–Trinajstić information content (AvgIpc) is 2.85. The van der Waals surface area contributed by atoms with Crippen LogP contribution in [0.3, 0.4) is 0 Å². The summed E-state index contributed by atoms with van der Waals surface area (Å²) in [6.45, 7) is 4.08. The van der Waals surface area contributed by atoms with E-state index in [0.717, 1.165) is 42.4 Å². The Balaban J connectivity index is 2.09. The molecule has 0 atom stereocenters. The van der Waals surface area contributed by atoms with Crippen LogP contribution >= 0.6 is 11.6 Å². The fourth-order valence-electron chi connectivity index (χ4n) is 4.20. The lowest BCUT2D eigenvalue weighted by Crippen LogP contribution is -2.48. The number of benzene rings is 1. The van der Waals surface area contributed by atoms with E-state index in [4.69, 9.17) is 16.3 Å². The first-order valence-electron chi connectivity index (χ1n) is 9.06. The fraction of sp³-hybridized carbons (Fsp3) is 0.550. The number of rotatable bonds is 4. The molecule has 5 heteroatoms. The van der Waals surface area contributed by atoms with Crippen molar-refractivity contribution in [2.75, 3.05) is 7.11 Å². The maximum atomic E-state index is 12.8. The van der Waals surface area contributed by atoms with E-state index in [1.807, 2.05) is 26.0 Å². The first-order chi connectivity index (χ1) is 12.0. The van der Waals surface area contributed by atoms with Crippen LogP contribution in [0.5, 0.6) is 0 Å². The average molecular weight is 364 g/mol. The number of hydrogen-bond acceptors (Lipinski definition) is 3. The number of amides is 1. The molecule has 0 unspecified atom stereocenters. The van der Waals surface area contributed by atoms with Gasteiger partial charge in [-0.3, -0.25) is 4.79 Å². The number of carbonyl (C=O) groups is 1. The zero-order chi connectivity index (χ0) is 18.2. The summed E-state index contributed by atoms with van der Waals surface area (Å²) >= 11 is 6.24. The van der Waals surface area contributed by atoms with Crippen molar-refractivity contribution in [3.8, 4) is 0 Å². The molecule has 1 aromatic rings. The molecule has 2 aliphatic rings. The molecule has 1 aliphatic heterocycles. The first kappa shape index (κ1) is 18.3. The van der Waals surface area contributed by atoms with Gasteiger partial charge < -0.3 is 15.2 Å². The summed E-state index contributed by atoms with van der Waals surface area (Å²) in [4.78, 5) is 12.8. The number of aliphatic hydroxyl groups excluding tert-OH is 1. The summed E-state index contributed by atoms with van der Waals surface area (Å²) in [5.74, 6) is 0.0128. The highest BCUT2D eigenvalue weighted by atomic mass is 35.5. The molecule has 4 nitrogen and oxygen atoms in total. The van der Waals surface area contributed by atoms with Gasteiger partial charge in [0.15, 0.2) is 0 Å². The van der Waals surface area contributed by atoms with Crippen LogP contribution in [-0.4, -0.2) is 29.8 Å².